The van der Waals surface area contributed by atoms with E-state index in [0.29, 0.717) is 10.7 Å². The summed E-state index contributed by atoms with van der Waals surface area (Å²) in [5.41, 5.74) is 2.55. The van der Waals surface area contributed by atoms with Crippen LogP contribution in [0.5, 0.6) is 0 Å². The summed E-state index contributed by atoms with van der Waals surface area (Å²) in [5.74, 6) is 11.6. The Morgan fingerprint density at radius 3 is 2.36 bits per heavy atom. The van der Waals surface area contributed by atoms with E-state index in [4.69, 9.17) is 11.7 Å². The van der Waals surface area contributed by atoms with Gasteiger partial charge in [0.05, 0.1) is 11.4 Å². The Hall–Kier alpha value is -2.31. The SMILES string of the molecule is Cc1ccc(N(N)/C(=N\N)SCC(=O)c2ccccc2)cc1. The molecule has 0 aliphatic carbocycles. The highest BCUT2D eigenvalue weighted by Gasteiger charge is 2.13. The van der Waals surface area contributed by atoms with Crippen LogP contribution in [0.3, 0.4) is 0 Å². The summed E-state index contributed by atoms with van der Waals surface area (Å²) in [6.45, 7) is 2.00. The number of hydrogen-bond acceptors (Lipinski definition) is 5. The van der Waals surface area contributed by atoms with Gasteiger partial charge in [-0.3, -0.25) is 9.80 Å². The van der Waals surface area contributed by atoms with Crippen LogP contribution in [-0.4, -0.2) is 16.7 Å². The molecule has 22 heavy (non-hydrogen) atoms. The van der Waals surface area contributed by atoms with Crippen molar-refractivity contribution < 1.29 is 4.79 Å². The number of Topliss-reactive ketones (excluding diaryl/α,β-unsaturated/α-hetero) is 1. The molecule has 6 heteroatoms. The summed E-state index contributed by atoms with van der Waals surface area (Å²) >= 11 is 1.21. The van der Waals surface area contributed by atoms with Gasteiger partial charge in [-0.2, -0.15) is 5.10 Å². The molecule has 0 bridgehead atoms. The monoisotopic (exact) mass is 314 g/mol. The minimum absolute atomic E-state index is 0.00376. The number of nitrogens with zero attached hydrogens (tertiary/aromatic N) is 2. The molecule has 2 aromatic carbocycles. The smallest absolute Gasteiger partial charge is 0.201 e. The van der Waals surface area contributed by atoms with Crippen molar-refractivity contribution >= 4 is 28.4 Å². The minimum atomic E-state index is 0.00376. The predicted octanol–water partition coefficient (Wildman–Crippen LogP) is 2.52. The van der Waals surface area contributed by atoms with Crippen molar-refractivity contribution in [2.24, 2.45) is 16.8 Å². The summed E-state index contributed by atoms with van der Waals surface area (Å²) in [4.78, 5) is 12.1. The fraction of sp³-hybridized carbons (Fsp3) is 0.125. The normalized spacial score (nSPS) is 11.3. The Morgan fingerprint density at radius 1 is 1.14 bits per heavy atom. The molecule has 114 valence electrons. The topological polar surface area (TPSA) is 84.7 Å². The maximum absolute atomic E-state index is 12.1. The van der Waals surface area contributed by atoms with Gasteiger partial charge in [0.1, 0.15) is 0 Å². The fourth-order valence-electron chi connectivity index (χ4n) is 1.82. The minimum Gasteiger partial charge on any atom is -0.321 e. The Labute approximate surface area is 134 Å². The van der Waals surface area contributed by atoms with Gasteiger partial charge in [-0.15, -0.1) is 0 Å². The van der Waals surface area contributed by atoms with E-state index in [0.717, 1.165) is 11.3 Å². The lowest BCUT2D eigenvalue weighted by atomic mass is 10.2. The highest BCUT2D eigenvalue weighted by molar-refractivity contribution is 8.14. The van der Waals surface area contributed by atoms with Crippen molar-refractivity contribution in [3.05, 3.63) is 65.7 Å². The van der Waals surface area contributed by atoms with Crippen LogP contribution in [0.15, 0.2) is 59.7 Å². The zero-order chi connectivity index (χ0) is 15.9. The summed E-state index contributed by atoms with van der Waals surface area (Å²) in [6.07, 6.45) is 0. The van der Waals surface area contributed by atoms with Crippen molar-refractivity contribution in [3.8, 4) is 0 Å². The second-order valence-electron chi connectivity index (χ2n) is 4.70. The first kappa shape index (κ1) is 16.1. The van der Waals surface area contributed by atoms with Crippen molar-refractivity contribution in [2.75, 3.05) is 10.8 Å². The molecule has 0 saturated heterocycles. The highest BCUT2D eigenvalue weighted by Crippen LogP contribution is 2.17. The lowest BCUT2D eigenvalue weighted by Crippen LogP contribution is -2.36. The second kappa shape index (κ2) is 7.63. The Bertz CT molecular complexity index is 656. The van der Waals surface area contributed by atoms with Crippen molar-refractivity contribution in [1.29, 1.82) is 0 Å². The third-order valence-electron chi connectivity index (χ3n) is 3.06. The lowest BCUT2D eigenvalue weighted by molar-refractivity contribution is 0.102. The average Bonchev–Trinajstić information content (AvgIpc) is 2.56. The van der Waals surface area contributed by atoms with Crippen molar-refractivity contribution in [1.82, 2.24) is 0 Å². The summed E-state index contributed by atoms with van der Waals surface area (Å²) < 4.78 is 0. The molecule has 0 atom stereocenters. The maximum Gasteiger partial charge on any atom is 0.201 e. The number of hydrazone groups is 1. The molecule has 0 fully saturated rings. The van der Waals surface area contributed by atoms with Crippen LogP contribution in [0.2, 0.25) is 0 Å². The number of carbonyl (C=O) groups excluding carboxylic acids is 1. The average molecular weight is 314 g/mol. The molecule has 5 nitrogen and oxygen atoms in total. The molecule has 0 unspecified atom stereocenters. The van der Waals surface area contributed by atoms with E-state index in [1.165, 1.54) is 16.8 Å². The first-order valence-corrected chi connectivity index (χ1v) is 7.71. The van der Waals surface area contributed by atoms with E-state index in [1.807, 2.05) is 49.4 Å². The highest BCUT2D eigenvalue weighted by atomic mass is 32.2. The van der Waals surface area contributed by atoms with Gasteiger partial charge in [0.2, 0.25) is 5.17 Å². The van der Waals surface area contributed by atoms with E-state index in [9.17, 15) is 4.79 Å². The number of anilines is 1. The van der Waals surface area contributed by atoms with Crippen LogP contribution in [0.1, 0.15) is 15.9 Å². The number of carbonyl (C=O) groups is 1. The van der Waals surface area contributed by atoms with Gasteiger partial charge >= 0.3 is 0 Å². The number of aryl methyl sites for hydroxylation is 1. The second-order valence-corrected chi connectivity index (χ2v) is 5.64. The summed E-state index contributed by atoms with van der Waals surface area (Å²) in [6, 6.07) is 16.7. The molecule has 2 aromatic rings. The lowest BCUT2D eigenvalue weighted by Gasteiger charge is -2.19. The molecule has 0 heterocycles. The quantitative estimate of drug-likeness (QED) is 0.298. The number of rotatable bonds is 4. The molecular formula is C16H18N4OS. The van der Waals surface area contributed by atoms with Gasteiger partial charge in [0.25, 0.3) is 0 Å². The van der Waals surface area contributed by atoms with Crippen LogP contribution in [0.4, 0.5) is 5.69 Å². The Balaban J connectivity index is 2.01. The molecule has 0 spiro atoms. The van der Waals surface area contributed by atoms with Crippen LogP contribution in [0.25, 0.3) is 0 Å². The maximum atomic E-state index is 12.1. The van der Waals surface area contributed by atoms with Crippen LogP contribution in [0, 0.1) is 6.92 Å². The number of ketones is 1. The molecule has 0 amide bonds. The number of amidine groups is 1. The molecule has 2 rings (SSSR count). The van der Waals surface area contributed by atoms with E-state index in [-0.39, 0.29) is 11.5 Å². The first-order valence-electron chi connectivity index (χ1n) is 6.72. The molecule has 0 radical (unpaired) electrons. The Morgan fingerprint density at radius 2 is 1.77 bits per heavy atom. The number of nitrogens with two attached hydrogens (primary N) is 2. The van der Waals surface area contributed by atoms with Crippen LogP contribution >= 0.6 is 11.8 Å². The van der Waals surface area contributed by atoms with Gasteiger partial charge in [-0.05, 0) is 19.1 Å². The summed E-state index contributed by atoms with van der Waals surface area (Å²) in [7, 11) is 0. The summed E-state index contributed by atoms with van der Waals surface area (Å²) in [5, 5.41) is 5.44. The van der Waals surface area contributed by atoms with Crippen molar-refractivity contribution in [3.63, 3.8) is 0 Å². The first-order chi connectivity index (χ1) is 10.6. The molecule has 0 aliphatic rings. The largest absolute Gasteiger partial charge is 0.321 e. The molecule has 0 aliphatic heterocycles. The zero-order valence-electron chi connectivity index (χ0n) is 12.3. The van der Waals surface area contributed by atoms with Gasteiger partial charge in [-0.25, -0.2) is 5.84 Å². The fourth-order valence-corrected chi connectivity index (χ4v) is 2.57. The zero-order valence-corrected chi connectivity index (χ0v) is 13.1. The molecular weight excluding hydrogens is 296 g/mol. The van der Waals surface area contributed by atoms with Crippen LogP contribution < -0.4 is 16.7 Å². The third-order valence-corrected chi connectivity index (χ3v) is 4.02. The number of hydrogen-bond donors (Lipinski definition) is 2. The van der Waals surface area contributed by atoms with E-state index >= 15 is 0 Å². The van der Waals surface area contributed by atoms with E-state index < -0.39 is 0 Å². The van der Waals surface area contributed by atoms with Gasteiger partial charge < -0.3 is 5.84 Å². The standard InChI is InChI=1S/C16H18N4OS/c1-12-7-9-14(10-8-12)20(18)16(19-17)22-11-15(21)13-5-3-2-4-6-13/h2-10H,11,17-18H2,1H3/b19-16+. The molecule has 0 aromatic heterocycles. The molecule has 0 saturated carbocycles. The van der Waals surface area contributed by atoms with E-state index in [2.05, 4.69) is 5.10 Å². The number of benzene rings is 2. The van der Waals surface area contributed by atoms with Gasteiger partial charge in [0.15, 0.2) is 5.78 Å². The number of thioether (sulfide) groups is 1. The van der Waals surface area contributed by atoms with E-state index in [1.54, 1.807) is 12.1 Å². The van der Waals surface area contributed by atoms with Gasteiger partial charge in [-0.1, -0.05) is 59.8 Å². The third kappa shape index (κ3) is 4.09. The Kier molecular flexibility index (Phi) is 5.57. The van der Waals surface area contributed by atoms with Crippen LogP contribution in [-0.2, 0) is 0 Å². The van der Waals surface area contributed by atoms with Gasteiger partial charge in [0, 0.05) is 5.56 Å². The number of hydrazine groups is 1. The predicted molar refractivity (Wildman–Crippen MR) is 92.7 cm³/mol. The van der Waals surface area contributed by atoms with Crippen molar-refractivity contribution in [2.45, 2.75) is 6.92 Å². The molecule has 4 N–H and O–H groups in total.